The molecule has 0 heterocycles. The van der Waals surface area contributed by atoms with Crippen LogP contribution in [0.25, 0.3) is 0 Å². The molecule has 0 aliphatic carbocycles. The molecule has 0 rings (SSSR count). The molecule has 0 atom stereocenters. The van der Waals surface area contributed by atoms with Crippen molar-refractivity contribution in [1.29, 1.82) is 0 Å². The number of nitrogens with zero attached hydrogens (tertiary/aromatic N) is 1. The summed E-state index contributed by atoms with van der Waals surface area (Å²) in [6.45, 7) is 6.55. The molecule has 0 spiro atoms. The van der Waals surface area contributed by atoms with Crippen molar-refractivity contribution >= 4 is 0 Å². The average Bonchev–Trinajstić information content (AvgIpc) is 1.81. The van der Waals surface area contributed by atoms with Crippen LogP contribution >= 0.6 is 0 Å². The largest absolute Gasteiger partial charge is 0.330 e. The molecule has 0 unspecified atom stereocenters. The van der Waals surface area contributed by atoms with Gasteiger partial charge in [0.05, 0.1) is 0 Å². The third-order valence-electron chi connectivity index (χ3n) is 1.80. The highest BCUT2D eigenvalue weighted by molar-refractivity contribution is 4.71. The monoisotopic (exact) mass is 158 g/mol. The molecule has 0 aromatic rings. The van der Waals surface area contributed by atoms with Gasteiger partial charge in [-0.05, 0) is 38.9 Å². The fourth-order valence-electron chi connectivity index (χ4n) is 1.52. The molecular formula is C9H22N2. The summed E-state index contributed by atoms with van der Waals surface area (Å²) < 4.78 is 0. The first-order valence-electron chi connectivity index (χ1n) is 4.33. The summed E-state index contributed by atoms with van der Waals surface area (Å²) in [7, 11) is 4.23. The smallest absolute Gasteiger partial charge is 0.00266 e. The molecule has 0 bridgehead atoms. The van der Waals surface area contributed by atoms with E-state index in [1.165, 1.54) is 6.42 Å². The summed E-state index contributed by atoms with van der Waals surface area (Å²) >= 11 is 0. The Bertz CT molecular complexity index is 97.7. The number of hydrogen-bond acceptors (Lipinski definition) is 2. The Morgan fingerprint density at radius 3 is 2.18 bits per heavy atom. The van der Waals surface area contributed by atoms with Crippen LogP contribution in [0, 0.1) is 5.41 Å². The van der Waals surface area contributed by atoms with E-state index in [1.54, 1.807) is 0 Å². The molecule has 0 radical (unpaired) electrons. The van der Waals surface area contributed by atoms with E-state index in [0.717, 1.165) is 19.5 Å². The van der Waals surface area contributed by atoms with Crippen molar-refractivity contribution in [3.05, 3.63) is 0 Å². The predicted molar refractivity (Wildman–Crippen MR) is 50.6 cm³/mol. The SMILES string of the molecule is CN(C)CC(C)(C)CCCN. The van der Waals surface area contributed by atoms with E-state index < -0.39 is 0 Å². The molecule has 0 aliphatic heterocycles. The lowest BCUT2D eigenvalue weighted by molar-refractivity contribution is 0.222. The molecule has 68 valence electrons. The Balaban J connectivity index is 3.61. The summed E-state index contributed by atoms with van der Waals surface area (Å²) in [6.07, 6.45) is 2.36. The van der Waals surface area contributed by atoms with Crippen molar-refractivity contribution in [2.75, 3.05) is 27.2 Å². The molecule has 0 saturated heterocycles. The highest BCUT2D eigenvalue weighted by Gasteiger charge is 2.17. The van der Waals surface area contributed by atoms with Crippen molar-refractivity contribution in [2.24, 2.45) is 11.1 Å². The minimum atomic E-state index is 0.420. The van der Waals surface area contributed by atoms with Crippen LogP contribution in [0.2, 0.25) is 0 Å². The predicted octanol–water partition coefficient (Wildman–Crippen LogP) is 1.31. The van der Waals surface area contributed by atoms with Gasteiger partial charge in [-0.25, -0.2) is 0 Å². The molecular weight excluding hydrogens is 136 g/mol. The van der Waals surface area contributed by atoms with E-state index in [-0.39, 0.29) is 0 Å². The maximum Gasteiger partial charge on any atom is 0.00266 e. The quantitative estimate of drug-likeness (QED) is 0.653. The molecule has 0 aromatic carbocycles. The van der Waals surface area contributed by atoms with E-state index in [0.29, 0.717) is 5.41 Å². The Morgan fingerprint density at radius 1 is 1.27 bits per heavy atom. The van der Waals surface area contributed by atoms with Crippen LogP contribution in [0.15, 0.2) is 0 Å². The second kappa shape index (κ2) is 4.73. The van der Waals surface area contributed by atoms with Crippen LogP contribution in [0.4, 0.5) is 0 Å². The van der Waals surface area contributed by atoms with Gasteiger partial charge in [-0.1, -0.05) is 13.8 Å². The van der Waals surface area contributed by atoms with Gasteiger partial charge < -0.3 is 10.6 Å². The zero-order chi connectivity index (χ0) is 8.91. The fourth-order valence-corrected chi connectivity index (χ4v) is 1.52. The summed E-state index contributed by atoms with van der Waals surface area (Å²) in [5, 5.41) is 0. The van der Waals surface area contributed by atoms with Gasteiger partial charge in [0.15, 0.2) is 0 Å². The highest BCUT2D eigenvalue weighted by Crippen LogP contribution is 2.22. The molecule has 0 aliphatic rings. The fraction of sp³-hybridized carbons (Fsp3) is 1.00. The van der Waals surface area contributed by atoms with Gasteiger partial charge in [0.1, 0.15) is 0 Å². The van der Waals surface area contributed by atoms with Crippen LogP contribution in [-0.4, -0.2) is 32.1 Å². The Morgan fingerprint density at radius 2 is 1.82 bits per heavy atom. The highest BCUT2D eigenvalue weighted by atomic mass is 15.1. The van der Waals surface area contributed by atoms with E-state index in [9.17, 15) is 0 Å². The molecule has 2 N–H and O–H groups in total. The average molecular weight is 158 g/mol. The molecule has 0 aromatic heterocycles. The van der Waals surface area contributed by atoms with E-state index in [1.807, 2.05) is 0 Å². The molecule has 0 amide bonds. The molecule has 2 nitrogen and oxygen atoms in total. The Hall–Kier alpha value is -0.0800. The van der Waals surface area contributed by atoms with Crippen LogP contribution in [-0.2, 0) is 0 Å². The minimum absolute atomic E-state index is 0.420. The first kappa shape index (κ1) is 10.9. The summed E-state index contributed by atoms with van der Waals surface area (Å²) in [4.78, 5) is 2.23. The van der Waals surface area contributed by atoms with Crippen molar-refractivity contribution < 1.29 is 0 Å². The van der Waals surface area contributed by atoms with Gasteiger partial charge in [0, 0.05) is 6.54 Å². The molecule has 11 heavy (non-hydrogen) atoms. The standard InChI is InChI=1S/C9H22N2/c1-9(2,6-5-7-10)8-11(3)4/h5-8,10H2,1-4H3. The van der Waals surface area contributed by atoms with Gasteiger partial charge in [-0.15, -0.1) is 0 Å². The summed E-state index contributed by atoms with van der Waals surface area (Å²) in [6, 6.07) is 0. The normalized spacial score (nSPS) is 12.5. The third-order valence-corrected chi connectivity index (χ3v) is 1.80. The number of nitrogens with two attached hydrogens (primary N) is 1. The lowest BCUT2D eigenvalue weighted by Crippen LogP contribution is -2.29. The zero-order valence-corrected chi connectivity index (χ0v) is 8.35. The van der Waals surface area contributed by atoms with Crippen LogP contribution in [0.5, 0.6) is 0 Å². The van der Waals surface area contributed by atoms with Crippen LogP contribution in [0.3, 0.4) is 0 Å². The topological polar surface area (TPSA) is 29.3 Å². The lowest BCUT2D eigenvalue weighted by atomic mass is 9.87. The first-order valence-corrected chi connectivity index (χ1v) is 4.33. The lowest BCUT2D eigenvalue weighted by Gasteiger charge is -2.27. The zero-order valence-electron chi connectivity index (χ0n) is 8.35. The Labute approximate surface area is 70.8 Å². The summed E-state index contributed by atoms with van der Waals surface area (Å²) in [5.74, 6) is 0. The van der Waals surface area contributed by atoms with E-state index in [2.05, 4.69) is 32.8 Å². The molecule has 2 heteroatoms. The van der Waals surface area contributed by atoms with Gasteiger partial charge in [-0.3, -0.25) is 0 Å². The van der Waals surface area contributed by atoms with E-state index in [4.69, 9.17) is 5.73 Å². The second-order valence-electron chi connectivity index (χ2n) is 4.29. The maximum atomic E-state index is 5.45. The van der Waals surface area contributed by atoms with Gasteiger partial charge in [-0.2, -0.15) is 0 Å². The van der Waals surface area contributed by atoms with Crippen molar-refractivity contribution in [1.82, 2.24) is 4.90 Å². The van der Waals surface area contributed by atoms with Crippen molar-refractivity contribution in [3.8, 4) is 0 Å². The van der Waals surface area contributed by atoms with Gasteiger partial charge >= 0.3 is 0 Å². The van der Waals surface area contributed by atoms with E-state index >= 15 is 0 Å². The van der Waals surface area contributed by atoms with Crippen LogP contribution in [0.1, 0.15) is 26.7 Å². The molecule has 0 saturated carbocycles. The van der Waals surface area contributed by atoms with Crippen LogP contribution < -0.4 is 5.73 Å². The molecule has 0 fully saturated rings. The minimum Gasteiger partial charge on any atom is -0.330 e. The van der Waals surface area contributed by atoms with Gasteiger partial charge in [0.25, 0.3) is 0 Å². The van der Waals surface area contributed by atoms with Crippen molar-refractivity contribution in [2.45, 2.75) is 26.7 Å². The van der Waals surface area contributed by atoms with Gasteiger partial charge in [0.2, 0.25) is 0 Å². The first-order chi connectivity index (χ1) is 4.98. The number of hydrogen-bond donors (Lipinski definition) is 1. The van der Waals surface area contributed by atoms with Crippen molar-refractivity contribution in [3.63, 3.8) is 0 Å². The summed E-state index contributed by atoms with van der Waals surface area (Å²) in [5.41, 5.74) is 5.87. The second-order valence-corrected chi connectivity index (χ2v) is 4.29. The number of rotatable bonds is 5. The Kier molecular flexibility index (Phi) is 4.69. The third kappa shape index (κ3) is 6.32. The maximum absolute atomic E-state index is 5.45.